The lowest BCUT2D eigenvalue weighted by atomic mass is 10.0. The van der Waals surface area contributed by atoms with Crippen LogP contribution in [0.25, 0.3) is 0 Å². The third-order valence-corrected chi connectivity index (χ3v) is 1.68. The van der Waals surface area contributed by atoms with E-state index in [1.165, 1.54) is 0 Å². The molecule has 0 spiro atoms. The summed E-state index contributed by atoms with van der Waals surface area (Å²) in [6.45, 7) is 4.44. The minimum absolute atomic E-state index is 0.427. The van der Waals surface area contributed by atoms with Crippen LogP contribution in [0.3, 0.4) is 0 Å². The van der Waals surface area contributed by atoms with Crippen LogP contribution in [0.2, 0.25) is 0 Å². The SMILES string of the molecule is CC#CC1(C#CC)CCCO1. The van der Waals surface area contributed by atoms with Gasteiger partial charge in [-0.05, 0) is 20.3 Å². The molecule has 0 aliphatic carbocycles. The second kappa shape index (κ2) is 3.46. The lowest BCUT2D eigenvalue weighted by Gasteiger charge is -2.13. The van der Waals surface area contributed by atoms with Gasteiger partial charge in [0.2, 0.25) is 0 Å². The normalized spacial score (nSPS) is 19.5. The summed E-state index contributed by atoms with van der Waals surface area (Å²) in [5.74, 6) is 11.7. The predicted octanol–water partition coefficient (Wildman–Crippen LogP) is 1.58. The van der Waals surface area contributed by atoms with Gasteiger partial charge in [0.1, 0.15) is 0 Å². The summed E-state index contributed by atoms with van der Waals surface area (Å²) >= 11 is 0. The maximum atomic E-state index is 5.47. The van der Waals surface area contributed by atoms with Crippen LogP contribution in [0, 0.1) is 23.7 Å². The molecule has 11 heavy (non-hydrogen) atoms. The first-order valence-corrected chi connectivity index (χ1v) is 3.85. The zero-order valence-electron chi connectivity index (χ0n) is 7.03. The van der Waals surface area contributed by atoms with E-state index in [-0.39, 0.29) is 0 Å². The lowest BCUT2D eigenvalue weighted by molar-refractivity contribution is 0.100. The maximum absolute atomic E-state index is 5.47. The van der Waals surface area contributed by atoms with Crippen molar-refractivity contribution in [1.82, 2.24) is 0 Å². The first-order chi connectivity index (χ1) is 5.33. The van der Waals surface area contributed by atoms with Crippen molar-refractivity contribution in [3.05, 3.63) is 0 Å². The van der Waals surface area contributed by atoms with Gasteiger partial charge in [-0.1, -0.05) is 11.8 Å². The van der Waals surface area contributed by atoms with Crippen molar-refractivity contribution in [2.24, 2.45) is 0 Å². The Morgan fingerprint density at radius 3 is 2.18 bits per heavy atom. The van der Waals surface area contributed by atoms with Gasteiger partial charge in [-0.3, -0.25) is 0 Å². The Bertz CT molecular complexity index is 216. The Morgan fingerprint density at radius 2 is 1.82 bits per heavy atom. The van der Waals surface area contributed by atoms with Crippen LogP contribution >= 0.6 is 0 Å². The van der Waals surface area contributed by atoms with Crippen LogP contribution < -0.4 is 0 Å². The highest BCUT2D eigenvalue weighted by molar-refractivity contribution is 5.30. The Balaban J connectivity index is 2.81. The zero-order valence-corrected chi connectivity index (χ0v) is 7.03. The van der Waals surface area contributed by atoms with Gasteiger partial charge in [-0.2, -0.15) is 0 Å². The zero-order chi connectivity index (χ0) is 8.16. The molecule has 0 aromatic rings. The van der Waals surface area contributed by atoms with Gasteiger partial charge in [0, 0.05) is 13.0 Å². The predicted molar refractivity (Wildman–Crippen MR) is 44.8 cm³/mol. The first kappa shape index (κ1) is 8.18. The van der Waals surface area contributed by atoms with Gasteiger partial charge in [0.05, 0.1) is 0 Å². The van der Waals surface area contributed by atoms with E-state index in [0.717, 1.165) is 19.4 Å². The van der Waals surface area contributed by atoms with Gasteiger partial charge < -0.3 is 4.74 Å². The van der Waals surface area contributed by atoms with E-state index in [1.54, 1.807) is 0 Å². The minimum Gasteiger partial charge on any atom is -0.351 e. The van der Waals surface area contributed by atoms with Crippen LogP contribution in [0.5, 0.6) is 0 Å². The van der Waals surface area contributed by atoms with E-state index < -0.39 is 5.60 Å². The third kappa shape index (κ3) is 1.76. The molecule has 0 bridgehead atoms. The van der Waals surface area contributed by atoms with Gasteiger partial charge in [-0.25, -0.2) is 0 Å². The number of rotatable bonds is 0. The second-order valence-corrected chi connectivity index (χ2v) is 2.53. The summed E-state index contributed by atoms with van der Waals surface area (Å²) in [6, 6.07) is 0. The fourth-order valence-electron chi connectivity index (χ4n) is 1.27. The molecule has 0 radical (unpaired) electrons. The monoisotopic (exact) mass is 148 g/mol. The van der Waals surface area contributed by atoms with Crippen LogP contribution in [-0.2, 0) is 4.74 Å². The van der Waals surface area contributed by atoms with Crippen molar-refractivity contribution < 1.29 is 4.74 Å². The highest BCUT2D eigenvalue weighted by Crippen LogP contribution is 2.23. The number of hydrogen-bond acceptors (Lipinski definition) is 1. The smallest absolute Gasteiger partial charge is 0.189 e. The molecule has 1 nitrogen and oxygen atoms in total. The van der Waals surface area contributed by atoms with Crippen molar-refractivity contribution in [1.29, 1.82) is 0 Å². The van der Waals surface area contributed by atoms with Crippen molar-refractivity contribution in [2.75, 3.05) is 6.61 Å². The molecular formula is C10H12O. The number of hydrogen-bond donors (Lipinski definition) is 0. The molecule has 0 aromatic heterocycles. The molecule has 0 N–H and O–H groups in total. The van der Waals surface area contributed by atoms with Crippen molar-refractivity contribution >= 4 is 0 Å². The van der Waals surface area contributed by atoms with Crippen molar-refractivity contribution in [3.63, 3.8) is 0 Å². The summed E-state index contributed by atoms with van der Waals surface area (Å²) < 4.78 is 5.47. The molecule has 0 unspecified atom stereocenters. The Morgan fingerprint density at radius 1 is 1.18 bits per heavy atom. The molecule has 58 valence electrons. The van der Waals surface area contributed by atoms with E-state index in [4.69, 9.17) is 4.74 Å². The Hall–Kier alpha value is -0.920. The second-order valence-electron chi connectivity index (χ2n) is 2.53. The summed E-state index contributed by atoms with van der Waals surface area (Å²) in [5.41, 5.74) is -0.427. The topological polar surface area (TPSA) is 9.23 Å². The van der Waals surface area contributed by atoms with Crippen LogP contribution in [0.15, 0.2) is 0 Å². The standard InChI is InChI=1S/C10H12O/c1-3-6-10(7-4-2)8-5-9-11-10/h5,8-9H2,1-2H3. The van der Waals surface area contributed by atoms with Crippen molar-refractivity contribution in [2.45, 2.75) is 32.3 Å². The largest absolute Gasteiger partial charge is 0.351 e. The summed E-state index contributed by atoms with van der Waals surface area (Å²) in [4.78, 5) is 0. The summed E-state index contributed by atoms with van der Waals surface area (Å²) in [6.07, 6.45) is 2.03. The highest BCUT2D eigenvalue weighted by Gasteiger charge is 2.30. The molecule has 0 atom stereocenters. The average Bonchev–Trinajstić information content (AvgIpc) is 2.39. The average molecular weight is 148 g/mol. The van der Waals surface area contributed by atoms with E-state index in [0.29, 0.717) is 0 Å². The van der Waals surface area contributed by atoms with Gasteiger partial charge in [0.25, 0.3) is 0 Å². The van der Waals surface area contributed by atoms with Crippen LogP contribution in [-0.4, -0.2) is 12.2 Å². The maximum Gasteiger partial charge on any atom is 0.189 e. The summed E-state index contributed by atoms with van der Waals surface area (Å²) in [7, 11) is 0. The molecule has 1 rings (SSSR count). The minimum atomic E-state index is -0.427. The van der Waals surface area contributed by atoms with Crippen molar-refractivity contribution in [3.8, 4) is 23.7 Å². The molecule has 0 aromatic carbocycles. The first-order valence-electron chi connectivity index (χ1n) is 3.85. The van der Waals surface area contributed by atoms with Gasteiger partial charge >= 0.3 is 0 Å². The number of ether oxygens (including phenoxy) is 1. The molecule has 1 fully saturated rings. The van der Waals surface area contributed by atoms with E-state index in [1.807, 2.05) is 13.8 Å². The summed E-state index contributed by atoms with van der Waals surface area (Å²) in [5, 5.41) is 0. The van der Waals surface area contributed by atoms with Gasteiger partial charge in [0.15, 0.2) is 5.60 Å². The quantitative estimate of drug-likeness (QED) is 0.474. The van der Waals surface area contributed by atoms with Gasteiger partial charge in [-0.15, -0.1) is 11.8 Å². The fraction of sp³-hybridized carbons (Fsp3) is 0.600. The molecular weight excluding hydrogens is 136 g/mol. The molecule has 1 saturated heterocycles. The fourth-order valence-corrected chi connectivity index (χ4v) is 1.27. The third-order valence-electron chi connectivity index (χ3n) is 1.68. The highest BCUT2D eigenvalue weighted by atomic mass is 16.5. The van der Waals surface area contributed by atoms with E-state index >= 15 is 0 Å². The van der Waals surface area contributed by atoms with E-state index in [2.05, 4.69) is 23.7 Å². The molecule has 1 heteroatoms. The Labute approximate surface area is 68.1 Å². The molecule has 0 amide bonds. The molecule has 1 aliphatic rings. The molecule has 1 aliphatic heterocycles. The Kier molecular flexibility index (Phi) is 2.58. The van der Waals surface area contributed by atoms with E-state index in [9.17, 15) is 0 Å². The molecule has 1 heterocycles. The van der Waals surface area contributed by atoms with Crippen LogP contribution in [0.1, 0.15) is 26.7 Å². The van der Waals surface area contributed by atoms with Crippen LogP contribution in [0.4, 0.5) is 0 Å². The molecule has 0 saturated carbocycles. The lowest BCUT2D eigenvalue weighted by Crippen LogP contribution is -2.22.